The molecule has 4 rings (SSSR count). The van der Waals surface area contributed by atoms with E-state index < -0.39 is 0 Å². The predicted octanol–water partition coefficient (Wildman–Crippen LogP) is 1.84. The topological polar surface area (TPSA) is 59.2 Å². The van der Waals surface area contributed by atoms with E-state index in [2.05, 4.69) is 33.5 Å². The van der Waals surface area contributed by atoms with Crippen molar-refractivity contribution in [2.24, 2.45) is 0 Å². The first-order chi connectivity index (χ1) is 13.2. The van der Waals surface area contributed by atoms with Gasteiger partial charge < -0.3 is 4.90 Å². The van der Waals surface area contributed by atoms with Crippen molar-refractivity contribution in [2.75, 3.05) is 19.6 Å². The second kappa shape index (κ2) is 8.08. The highest BCUT2D eigenvalue weighted by Gasteiger charge is 2.21. The summed E-state index contributed by atoms with van der Waals surface area (Å²) in [4.78, 5) is 16.6. The lowest BCUT2D eigenvalue weighted by Crippen LogP contribution is -2.33. The number of allylic oxidation sites excluding steroid dienone is 1. The Morgan fingerprint density at radius 1 is 1.22 bits per heavy atom. The molecule has 1 saturated heterocycles. The number of carbonyl (C=O) groups is 1. The molecule has 0 N–H and O–H groups in total. The Labute approximate surface area is 160 Å². The maximum atomic E-state index is 12.2. The van der Waals surface area contributed by atoms with Crippen LogP contribution in [-0.2, 0) is 37.4 Å². The number of hydrogen-bond donors (Lipinski definition) is 0. The Kier molecular flexibility index (Phi) is 5.38. The minimum atomic E-state index is 0.275. The Morgan fingerprint density at radius 2 is 2.07 bits per heavy atom. The Morgan fingerprint density at radius 3 is 2.89 bits per heavy atom. The van der Waals surface area contributed by atoms with Gasteiger partial charge in [0.2, 0.25) is 5.91 Å². The molecule has 2 aromatic heterocycles. The third-order valence-electron chi connectivity index (χ3n) is 5.39. The molecule has 0 saturated carbocycles. The fraction of sp³-hybridized carbons (Fsp3) is 0.550. The summed E-state index contributed by atoms with van der Waals surface area (Å²) >= 11 is 0. The zero-order chi connectivity index (χ0) is 18.6. The van der Waals surface area contributed by atoms with E-state index in [1.54, 1.807) is 0 Å². The van der Waals surface area contributed by atoms with Gasteiger partial charge in [0.1, 0.15) is 0 Å². The SMILES string of the molecule is C=CCn1cc(CN2CCn3nc(CCC(=O)N4CCCC4)cc3C2)cn1. The molecule has 144 valence electrons. The van der Waals surface area contributed by atoms with Crippen LogP contribution in [-0.4, -0.2) is 54.9 Å². The molecule has 2 aliphatic rings. The summed E-state index contributed by atoms with van der Waals surface area (Å²) < 4.78 is 4.01. The van der Waals surface area contributed by atoms with Crippen LogP contribution in [0.4, 0.5) is 0 Å². The highest BCUT2D eigenvalue weighted by atomic mass is 16.2. The average Bonchev–Trinajstić information content (AvgIpc) is 3.40. The molecule has 0 atom stereocenters. The van der Waals surface area contributed by atoms with Crippen molar-refractivity contribution in [3.8, 4) is 0 Å². The molecule has 0 bridgehead atoms. The molecule has 0 aliphatic carbocycles. The van der Waals surface area contributed by atoms with Crippen LogP contribution in [0.1, 0.15) is 36.2 Å². The standard InChI is InChI=1S/C20H28N6O/c1-2-7-25-15-17(13-21-25)14-23-10-11-26-19(16-23)12-18(22-26)5-6-20(27)24-8-3-4-9-24/h2,12-13,15H,1,3-11,14,16H2. The van der Waals surface area contributed by atoms with Crippen LogP contribution in [0.3, 0.4) is 0 Å². The van der Waals surface area contributed by atoms with Gasteiger partial charge in [0, 0.05) is 57.3 Å². The summed E-state index contributed by atoms with van der Waals surface area (Å²) in [6.45, 7) is 10.0. The van der Waals surface area contributed by atoms with E-state index in [-0.39, 0.29) is 5.91 Å². The van der Waals surface area contributed by atoms with E-state index in [0.717, 1.165) is 70.8 Å². The maximum absolute atomic E-state index is 12.2. The predicted molar refractivity (Wildman–Crippen MR) is 103 cm³/mol. The molecule has 1 amide bonds. The summed E-state index contributed by atoms with van der Waals surface area (Å²) in [7, 11) is 0. The highest BCUT2D eigenvalue weighted by molar-refractivity contribution is 5.76. The molecule has 2 aromatic rings. The van der Waals surface area contributed by atoms with Crippen LogP contribution < -0.4 is 0 Å². The van der Waals surface area contributed by atoms with Gasteiger partial charge in [0.15, 0.2) is 0 Å². The smallest absolute Gasteiger partial charge is 0.222 e. The molecular formula is C20H28N6O. The van der Waals surface area contributed by atoms with E-state index >= 15 is 0 Å². The van der Waals surface area contributed by atoms with Gasteiger partial charge in [-0.05, 0) is 18.9 Å². The lowest BCUT2D eigenvalue weighted by molar-refractivity contribution is -0.130. The second-order valence-corrected chi connectivity index (χ2v) is 7.51. The van der Waals surface area contributed by atoms with Crippen molar-refractivity contribution in [3.05, 3.63) is 48.1 Å². The van der Waals surface area contributed by atoms with Gasteiger partial charge in [-0.15, -0.1) is 6.58 Å². The molecule has 4 heterocycles. The number of aromatic nitrogens is 4. The maximum Gasteiger partial charge on any atom is 0.222 e. The number of nitrogens with zero attached hydrogens (tertiary/aromatic N) is 6. The first-order valence-electron chi connectivity index (χ1n) is 9.89. The van der Waals surface area contributed by atoms with Gasteiger partial charge >= 0.3 is 0 Å². The number of likely N-dealkylation sites (tertiary alicyclic amines) is 1. The van der Waals surface area contributed by atoms with E-state index in [9.17, 15) is 4.79 Å². The van der Waals surface area contributed by atoms with Crippen LogP contribution in [0.25, 0.3) is 0 Å². The summed E-state index contributed by atoms with van der Waals surface area (Å²) in [5.41, 5.74) is 3.50. The van der Waals surface area contributed by atoms with Crippen molar-refractivity contribution in [1.82, 2.24) is 29.4 Å². The average molecular weight is 368 g/mol. The third kappa shape index (κ3) is 4.30. The summed E-state index contributed by atoms with van der Waals surface area (Å²) in [6, 6.07) is 2.17. The highest BCUT2D eigenvalue weighted by Crippen LogP contribution is 2.18. The van der Waals surface area contributed by atoms with Crippen LogP contribution >= 0.6 is 0 Å². The normalized spacial score (nSPS) is 17.3. The molecule has 0 spiro atoms. The fourth-order valence-electron chi connectivity index (χ4n) is 3.98. The molecule has 1 fully saturated rings. The number of hydrogen-bond acceptors (Lipinski definition) is 4. The third-order valence-corrected chi connectivity index (χ3v) is 5.39. The summed E-state index contributed by atoms with van der Waals surface area (Å²) in [5, 5.41) is 9.07. The van der Waals surface area contributed by atoms with E-state index in [1.165, 1.54) is 11.3 Å². The Hall–Kier alpha value is -2.41. The Bertz CT molecular complexity index is 801. The molecule has 7 nitrogen and oxygen atoms in total. The lowest BCUT2D eigenvalue weighted by atomic mass is 10.2. The summed E-state index contributed by atoms with van der Waals surface area (Å²) in [5.74, 6) is 0.275. The van der Waals surface area contributed by atoms with E-state index in [1.807, 2.05) is 21.9 Å². The largest absolute Gasteiger partial charge is 0.343 e. The molecule has 7 heteroatoms. The van der Waals surface area contributed by atoms with Gasteiger partial charge in [0.25, 0.3) is 0 Å². The van der Waals surface area contributed by atoms with Gasteiger partial charge in [-0.2, -0.15) is 10.2 Å². The van der Waals surface area contributed by atoms with E-state index in [0.29, 0.717) is 6.42 Å². The minimum absolute atomic E-state index is 0.275. The van der Waals surface area contributed by atoms with Crippen molar-refractivity contribution in [1.29, 1.82) is 0 Å². The van der Waals surface area contributed by atoms with Crippen molar-refractivity contribution >= 4 is 5.91 Å². The number of aryl methyl sites for hydroxylation is 1. The minimum Gasteiger partial charge on any atom is -0.343 e. The number of carbonyl (C=O) groups excluding carboxylic acids is 1. The molecule has 0 unspecified atom stereocenters. The molecule has 27 heavy (non-hydrogen) atoms. The Balaban J connectivity index is 1.31. The van der Waals surface area contributed by atoms with Crippen molar-refractivity contribution in [3.63, 3.8) is 0 Å². The number of rotatable bonds is 7. The quantitative estimate of drug-likeness (QED) is 0.700. The van der Waals surface area contributed by atoms with Crippen LogP contribution in [0.2, 0.25) is 0 Å². The zero-order valence-corrected chi connectivity index (χ0v) is 15.9. The number of fused-ring (bicyclic) bond motifs is 1. The first-order valence-corrected chi connectivity index (χ1v) is 9.89. The second-order valence-electron chi connectivity index (χ2n) is 7.51. The van der Waals surface area contributed by atoms with Crippen molar-refractivity contribution in [2.45, 2.75) is 51.9 Å². The van der Waals surface area contributed by atoms with Crippen LogP contribution in [0, 0.1) is 0 Å². The van der Waals surface area contributed by atoms with Gasteiger partial charge in [0.05, 0.1) is 30.7 Å². The van der Waals surface area contributed by atoms with Crippen LogP contribution in [0.15, 0.2) is 31.1 Å². The van der Waals surface area contributed by atoms with Gasteiger partial charge in [-0.1, -0.05) is 6.08 Å². The van der Waals surface area contributed by atoms with Crippen molar-refractivity contribution < 1.29 is 4.79 Å². The number of amides is 1. The summed E-state index contributed by atoms with van der Waals surface area (Å²) in [6.07, 6.45) is 9.48. The fourth-order valence-corrected chi connectivity index (χ4v) is 3.98. The monoisotopic (exact) mass is 368 g/mol. The van der Waals surface area contributed by atoms with Gasteiger partial charge in [-0.25, -0.2) is 0 Å². The molecule has 0 radical (unpaired) electrons. The van der Waals surface area contributed by atoms with Crippen LogP contribution in [0.5, 0.6) is 0 Å². The lowest BCUT2D eigenvalue weighted by Gasteiger charge is -2.26. The first kappa shape index (κ1) is 18.0. The molecular weight excluding hydrogens is 340 g/mol. The molecule has 0 aromatic carbocycles. The molecule has 2 aliphatic heterocycles. The zero-order valence-electron chi connectivity index (χ0n) is 15.9. The van der Waals surface area contributed by atoms with Gasteiger partial charge in [-0.3, -0.25) is 19.1 Å². The van der Waals surface area contributed by atoms with E-state index in [4.69, 9.17) is 5.10 Å².